The second kappa shape index (κ2) is 17.0. The molecule has 0 aliphatic carbocycles. The van der Waals surface area contributed by atoms with Gasteiger partial charge in [0.1, 0.15) is 18.1 Å². The van der Waals surface area contributed by atoms with E-state index in [0.29, 0.717) is 30.8 Å². The first-order valence-electron chi connectivity index (χ1n) is 11.3. The largest absolute Gasteiger partial charge is 0.480 e. The standard InChI is InChI=1S/C22H42N4O5S2/c1-13(2)11-15(23)19(27)24-16(7-9-32-5)20(28)25-17(8-10-33-6)21(29)26-18(22(30)31)12-14(3)4/h13-18H,7-12,23H2,1-6H3,(H,24,27)(H,25,28)(H,26,29)(H,30,31). The molecule has 192 valence electrons. The van der Waals surface area contributed by atoms with Gasteiger partial charge in [0.15, 0.2) is 0 Å². The molecule has 0 saturated heterocycles. The molecule has 9 nitrogen and oxygen atoms in total. The minimum absolute atomic E-state index is 0.0758. The van der Waals surface area contributed by atoms with E-state index in [1.54, 1.807) is 0 Å². The number of carbonyl (C=O) groups excluding carboxylic acids is 3. The Morgan fingerprint density at radius 1 is 0.727 bits per heavy atom. The molecule has 0 aliphatic heterocycles. The van der Waals surface area contributed by atoms with Crippen LogP contribution in [0.25, 0.3) is 0 Å². The van der Waals surface area contributed by atoms with Gasteiger partial charge in [-0.25, -0.2) is 4.79 Å². The van der Waals surface area contributed by atoms with E-state index in [2.05, 4.69) is 16.0 Å². The minimum atomic E-state index is -1.11. The highest BCUT2D eigenvalue weighted by Gasteiger charge is 2.30. The lowest BCUT2D eigenvalue weighted by atomic mass is 10.0. The van der Waals surface area contributed by atoms with Crippen LogP contribution in [0.15, 0.2) is 0 Å². The first-order chi connectivity index (χ1) is 15.4. The first-order valence-corrected chi connectivity index (χ1v) is 14.1. The van der Waals surface area contributed by atoms with Gasteiger partial charge in [-0.1, -0.05) is 27.7 Å². The maximum absolute atomic E-state index is 13.0. The molecular formula is C22H42N4O5S2. The zero-order chi connectivity index (χ0) is 25.6. The third-order valence-electron chi connectivity index (χ3n) is 4.87. The van der Waals surface area contributed by atoms with Crippen LogP contribution >= 0.6 is 23.5 Å². The van der Waals surface area contributed by atoms with Crippen molar-refractivity contribution in [2.75, 3.05) is 24.0 Å². The molecule has 0 aromatic carbocycles. The molecular weight excluding hydrogens is 464 g/mol. The Morgan fingerprint density at radius 3 is 1.48 bits per heavy atom. The molecule has 0 aromatic heterocycles. The van der Waals surface area contributed by atoms with Crippen molar-refractivity contribution in [3.63, 3.8) is 0 Å². The van der Waals surface area contributed by atoms with E-state index in [1.807, 2.05) is 40.2 Å². The predicted octanol–water partition coefficient (Wildman–Crippen LogP) is 1.45. The Labute approximate surface area is 206 Å². The van der Waals surface area contributed by atoms with Gasteiger partial charge < -0.3 is 26.8 Å². The first kappa shape index (κ1) is 31.5. The number of amides is 3. The fraction of sp³-hybridized carbons (Fsp3) is 0.818. The normalized spacial score (nSPS) is 14.9. The van der Waals surface area contributed by atoms with Crippen molar-refractivity contribution in [1.29, 1.82) is 0 Å². The lowest BCUT2D eigenvalue weighted by Gasteiger charge is -2.25. The molecule has 4 unspecified atom stereocenters. The zero-order valence-corrected chi connectivity index (χ0v) is 22.3. The van der Waals surface area contributed by atoms with Crippen molar-refractivity contribution in [2.45, 2.75) is 77.5 Å². The summed E-state index contributed by atoms with van der Waals surface area (Å²) in [5, 5.41) is 17.4. The van der Waals surface area contributed by atoms with Gasteiger partial charge in [-0.05, 0) is 61.5 Å². The Hall–Kier alpha value is -1.46. The SMILES string of the molecule is CSCCC(NC(=O)C(N)CC(C)C)C(=O)NC(CCSC)C(=O)NC(CC(C)C)C(=O)O. The van der Waals surface area contributed by atoms with Gasteiger partial charge in [0.05, 0.1) is 6.04 Å². The smallest absolute Gasteiger partial charge is 0.326 e. The molecule has 4 atom stereocenters. The van der Waals surface area contributed by atoms with Gasteiger partial charge in [0.2, 0.25) is 17.7 Å². The molecule has 0 radical (unpaired) electrons. The van der Waals surface area contributed by atoms with Crippen LogP contribution in [0, 0.1) is 11.8 Å². The summed E-state index contributed by atoms with van der Waals surface area (Å²) in [6, 6.07) is -3.50. The zero-order valence-electron chi connectivity index (χ0n) is 20.7. The van der Waals surface area contributed by atoms with Crippen LogP contribution in [-0.2, 0) is 19.2 Å². The fourth-order valence-corrected chi connectivity index (χ4v) is 4.08. The number of rotatable bonds is 17. The summed E-state index contributed by atoms with van der Waals surface area (Å²) in [6.45, 7) is 7.67. The van der Waals surface area contributed by atoms with Crippen LogP contribution in [0.4, 0.5) is 0 Å². The number of carboxylic acid groups (broad SMARTS) is 1. The fourth-order valence-electron chi connectivity index (χ4n) is 3.14. The topological polar surface area (TPSA) is 151 Å². The minimum Gasteiger partial charge on any atom is -0.480 e. The Balaban J connectivity index is 5.40. The average Bonchev–Trinajstić information content (AvgIpc) is 2.72. The Bertz CT molecular complexity index is 634. The lowest BCUT2D eigenvalue weighted by Crippen LogP contribution is -2.57. The third-order valence-corrected chi connectivity index (χ3v) is 6.16. The van der Waals surface area contributed by atoms with Gasteiger partial charge in [-0.3, -0.25) is 14.4 Å². The number of carbonyl (C=O) groups is 4. The molecule has 33 heavy (non-hydrogen) atoms. The molecule has 0 aliphatic rings. The van der Waals surface area contributed by atoms with Crippen molar-refractivity contribution in [3.8, 4) is 0 Å². The molecule has 3 amide bonds. The van der Waals surface area contributed by atoms with E-state index in [9.17, 15) is 24.3 Å². The lowest BCUT2D eigenvalue weighted by molar-refractivity contribution is -0.142. The van der Waals surface area contributed by atoms with Crippen LogP contribution < -0.4 is 21.7 Å². The summed E-state index contributed by atoms with van der Waals surface area (Å²) >= 11 is 3.05. The van der Waals surface area contributed by atoms with E-state index < -0.39 is 47.9 Å². The van der Waals surface area contributed by atoms with Crippen molar-refractivity contribution in [1.82, 2.24) is 16.0 Å². The van der Waals surface area contributed by atoms with E-state index in [1.165, 1.54) is 23.5 Å². The highest BCUT2D eigenvalue weighted by molar-refractivity contribution is 7.98. The number of thioether (sulfide) groups is 2. The Kier molecular flexibility index (Phi) is 16.3. The van der Waals surface area contributed by atoms with Crippen LogP contribution in [0.5, 0.6) is 0 Å². The van der Waals surface area contributed by atoms with Crippen LogP contribution in [-0.4, -0.2) is 77.0 Å². The summed E-state index contributed by atoms with van der Waals surface area (Å²) in [5.41, 5.74) is 5.96. The molecule has 0 aromatic rings. The molecule has 0 saturated carbocycles. The molecule has 0 heterocycles. The van der Waals surface area contributed by atoms with E-state index in [4.69, 9.17) is 5.73 Å². The maximum Gasteiger partial charge on any atom is 0.326 e. The van der Waals surface area contributed by atoms with Crippen LogP contribution in [0.3, 0.4) is 0 Å². The number of carboxylic acids is 1. The number of nitrogens with one attached hydrogen (secondary N) is 3. The maximum atomic E-state index is 13.0. The number of hydrogen-bond acceptors (Lipinski definition) is 7. The van der Waals surface area contributed by atoms with Gasteiger partial charge in [0, 0.05) is 0 Å². The van der Waals surface area contributed by atoms with E-state index in [-0.39, 0.29) is 18.3 Å². The molecule has 11 heteroatoms. The van der Waals surface area contributed by atoms with Crippen LogP contribution in [0.2, 0.25) is 0 Å². The van der Waals surface area contributed by atoms with Gasteiger partial charge >= 0.3 is 5.97 Å². The van der Waals surface area contributed by atoms with Crippen LogP contribution in [0.1, 0.15) is 53.4 Å². The molecule has 0 spiro atoms. The second-order valence-corrected chi connectivity index (χ2v) is 10.9. The number of hydrogen-bond donors (Lipinski definition) is 5. The monoisotopic (exact) mass is 506 g/mol. The third kappa shape index (κ3) is 13.7. The highest BCUT2D eigenvalue weighted by atomic mass is 32.2. The summed E-state index contributed by atoms with van der Waals surface area (Å²) in [6.07, 6.45) is 5.28. The van der Waals surface area contributed by atoms with E-state index in [0.717, 1.165) is 0 Å². The highest BCUT2D eigenvalue weighted by Crippen LogP contribution is 2.09. The molecule has 6 N–H and O–H groups in total. The van der Waals surface area contributed by atoms with Crippen molar-refractivity contribution in [2.24, 2.45) is 17.6 Å². The van der Waals surface area contributed by atoms with Gasteiger partial charge in [-0.15, -0.1) is 0 Å². The molecule has 0 bridgehead atoms. The van der Waals surface area contributed by atoms with Gasteiger partial charge in [-0.2, -0.15) is 23.5 Å². The second-order valence-electron chi connectivity index (χ2n) is 8.95. The summed E-state index contributed by atoms with van der Waals surface area (Å²) in [5.74, 6) is -1.00. The molecule has 0 rings (SSSR count). The summed E-state index contributed by atoms with van der Waals surface area (Å²) < 4.78 is 0. The van der Waals surface area contributed by atoms with E-state index >= 15 is 0 Å². The summed E-state index contributed by atoms with van der Waals surface area (Å²) in [7, 11) is 0. The summed E-state index contributed by atoms with van der Waals surface area (Å²) in [4.78, 5) is 49.9. The van der Waals surface area contributed by atoms with Gasteiger partial charge in [0.25, 0.3) is 0 Å². The van der Waals surface area contributed by atoms with Crippen molar-refractivity contribution < 1.29 is 24.3 Å². The average molecular weight is 507 g/mol. The van der Waals surface area contributed by atoms with Crippen molar-refractivity contribution >= 4 is 47.2 Å². The number of nitrogens with two attached hydrogens (primary N) is 1. The number of aliphatic carboxylic acids is 1. The Morgan fingerprint density at radius 2 is 1.12 bits per heavy atom. The van der Waals surface area contributed by atoms with Crippen molar-refractivity contribution in [3.05, 3.63) is 0 Å². The predicted molar refractivity (Wildman–Crippen MR) is 136 cm³/mol. The quantitative estimate of drug-likeness (QED) is 0.199. The molecule has 0 fully saturated rings.